The van der Waals surface area contributed by atoms with Crippen LogP contribution in [0.4, 0.5) is 0 Å². The Kier molecular flexibility index (Phi) is 9.26. The second-order valence-corrected chi connectivity index (χ2v) is 13.7. The third-order valence-electron chi connectivity index (χ3n) is 3.27. The van der Waals surface area contributed by atoms with E-state index in [0.717, 1.165) is 0 Å². The summed E-state index contributed by atoms with van der Waals surface area (Å²) in [6.07, 6.45) is -1.37. The van der Waals surface area contributed by atoms with Crippen molar-refractivity contribution in [3.8, 4) is 0 Å². The molecule has 0 aliphatic heterocycles. The maximum atomic E-state index is 12.2. The van der Waals surface area contributed by atoms with E-state index in [-0.39, 0.29) is 20.1 Å². The predicted molar refractivity (Wildman–Crippen MR) is 87.7 cm³/mol. The van der Waals surface area contributed by atoms with Crippen molar-refractivity contribution in [2.75, 3.05) is 26.9 Å². The van der Waals surface area contributed by atoms with Crippen molar-refractivity contribution in [2.45, 2.75) is 23.5 Å². The van der Waals surface area contributed by atoms with Crippen molar-refractivity contribution < 1.29 is 71.6 Å². The third kappa shape index (κ3) is 6.23. The second kappa shape index (κ2) is 9.09. The zero-order valence-electron chi connectivity index (χ0n) is 14.1. The standard InChI is InChI=1S/C8H22O15P4/c1-7(9,24(10,11)12)27(19,20)23-8(25(13,14)15,26(16,17)18)3-4-22-6-5-21-2/h9H,3-6H2,1-2H3,(H,19,20)(H2,10,11,12)(H2,13,14,15)(H2,16,17,18). The van der Waals surface area contributed by atoms with Crippen molar-refractivity contribution >= 4 is 30.4 Å². The lowest BCUT2D eigenvalue weighted by Gasteiger charge is -2.38. The number of aliphatic hydroxyl groups is 1. The summed E-state index contributed by atoms with van der Waals surface area (Å²) in [6.45, 7) is -0.914. The first-order chi connectivity index (χ1) is 11.8. The molecular weight excluding hydrogens is 460 g/mol. The minimum atomic E-state index is -6.17. The van der Waals surface area contributed by atoms with Crippen LogP contribution in [0, 0.1) is 0 Å². The number of hydrogen-bond acceptors (Lipinski definition) is 8. The third-order valence-corrected chi connectivity index (χ3v) is 11.8. The fourth-order valence-corrected chi connectivity index (χ4v) is 7.25. The molecule has 0 fully saturated rings. The summed E-state index contributed by atoms with van der Waals surface area (Å²) in [4.78, 5) is 65.3. The summed E-state index contributed by atoms with van der Waals surface area (Å²) in [5.41, 5.74) is 0. The fourth-order valence-electron chi connectivity index (χ4n) is 1.51. The monoisotopic (exact) mass is 482 g/mol. The Morgan fingerprint density at radius 2 is 1.22 bits per heavy atom. The molecule has 0 radical (unpaired) electrons. The molecule has 19 heteroatoms. The topological polar surface area (TPSA) is 258 Å². The zero-order chi connectivity index (χ0) is 21.9. The minimum absolute atomic E-state index is 0.00884. The van der Waals surface area contributed by atoms with Gasteiger partial charge < -0.3 is 48.8 Å². The molecule has 0 saturated heterocycles. The van der Waals surface area contributed by atoms with Crippen LogP contribution in [0.15, 0.2) is 0 Å². The van der Waals surface area contributed by atoms with E-state index in [0.29, 0.717) is 0 Å². The molecule has 2 unspecified atom stereocenters. The van der Waals surface area contributed by atoms with Gasteiger partial charge in [-0.15, -0.1) is 0 Å². The van der Waals surface area contributed by atoms with E-state index in [1.807, 2.05) is 0 Å². The molecule has 0 aromatic rings. The van der Waals surface area contributed by atoms with Crippen LogP contribution in [0.1, 0.15) is 13.3 Å². The minimum Gasteiger partial charge on any atom is -0.382 e. The highest BCUT2D eigenvalue weighted by atomic mass is 31.3. The van der Waals surface area contributed by atoms with E-state index in [1.54, 1.807) is 0 Å². The van der Waals surface area contributed by atoms with E-state index >= 15 is 0 Å². The van der Waals surface area contributed by atoms with Crippen LogP contribution in [0.5, 0.6) is 0 Å². The summed E-state index contributed by atoms with van der Waals surface area (Å²) in [5.74, 6) is 0. The van der Waals surface area contributed by atoms with Gasteiger partial charge in [0.1, 0.15) is 0 Å². The molecule has 0 bridgehead atoms. The highest BCUT2D eigenvalue weighted by molar-refractivity contribution is 7.75. The van der Waals surface area contributed by atoms with Crippen LogP contribution < -0.4 is 0 Å². The fraction of sp³-hybridized carbons (Fsp3) is 1.00. The Labute approximate surface area is 153 Å². The highest BCUT2D eigenvalue weighted by Crippen LogP contribution is 2.79. The molecule has 0 aliphatic rings. The number of hydrogen-bond donors (Lipinski definition) is 8. The Bertz CT molecular complexity index is 662. The van der Waals surface area contributed by atoms with E-state index in [9.17, 15) is 47.8 Å². The first-order valence-corrected chi connectivity index (χ1v) is 13.2. The lowest BCUT2D eigenvalue weighted by molar-refractivity contribution is 0.0385. The van der Waals surface area contributed by atoms with Gasteiger partial charge in [0, 0.05) is 13.5 Å². The quantitative estimate of drug-likeness (QED) is 0.124. The SMILES string of the molecule is COCCOCCC(OP(=O)(O)C(C)(O)P(=O)(O)O)(P(=O)(O)O)P(=O)(O)O. The maximum absolute atomic E-state index is 12.2. The summed E-state index contributed by atoms with van der Waals surface area (Å²) in [7, 11) is -22.9. The molecule has 164 valence electrons. The molecule has 0 amide bonds. The molecule has 15 nitrogen and oxygen atoms in total. The number of rotatable bonds is 12. The van der Waals surface area contributed by atoms with E-state index in [2.05, 4.69) is 9.26 Å². The van der Waals surface area contributed by atoms with Crippen LogP contribution in [-0.4, -0.2) is 76.5 Å². The molecule has 0 heterocycles. The number of methoxy groups -OCH3 is 1. The largest absolute Gasteiger partial charge is 0.382 e. The first kappa shape index (κ1) is 27.5. The van der Waals surface area contributed by atoms with E-state index in [4.69, 9.17) is 14.5 Å². The van der Waals surface area contributed by atoms with Gasteiger partial charge in [-0.3, -0.25) is 22.8 Å². The molecule has 0 aromatic heterocycles. The summed E-state index contributed by atoms with van der Waals surface area (Å²) >= 11 is 0. The van der Waals surface area contributed by atoms with Gasteiger partial charge in [-0.1, -0.05) is 0 Å². The first-order valence-electron chi connectivity index (χ1n) is 6.76. The number of ether oxygens (including phenoxy) is 2. The van der Waals surface area contributed by atoms with Crippen LogP contribution in [-0.2, 0) is 32.3 Å². The van der Waals surface area contributed by atoms with Crippen molar-refractivity contribution in [3.63, 3.8) is 0 Å². The van der Waals surface area contributed by atoms with Gasteiger partial charge in [0.25, 0.3) is 10.2 Å². The van der Waals surface area contributed by atoms with Gasteiger partial charge in [-0.25, -0.2) is 0 Å². The Hall–Kier alpha value is 0.480. The molecular formula is C8H22O15P4. The Balaban J connectivity index is 6.15. The van der Waals surface area contributed by atoms with Crippen molar-refractivity contribution in [1.82, 2.24) is 0 Å². The van der Waals surface area contributed by atoms with Crippen LogP contribution in [0.25, 0.3) is 0 Å². The van der Waals surface area contributed by atoms with Gasteiger partial charge >= 0.3 is 30.4 Å². The molecule has 0 aromatic carbocycles. The van der Waals surface area contributed by atoms with E-state index < -0.39 is 53.6 Å². The van der Waals surface area contributed by atoms with E-state index in [1.165, 1.54) is 7.11 Å². The molecule has 0 aliphatic carbocycles. The van der Waals surface area contributed by atoms with Gasteiger partial charge in [-0.2, -0.15) is 0 Å². The maximum Gasteiger partial charge on any atom is 0.373 e. The van der Waals surface area contributed by atoms with Crippen molar-refractivity contribution in [1.29, 1.82) is 0 Å². The molecule has 0 spiro atoms. The molecule has 0 rings (SSSR count). The zero-order valence-corrected chi connectivity index (χ0v) is 17.6. The molecule has 2 atom stereocenters. The average molecular weight is 482 g/mol. The van der Waals surface area contributed by atoms with Gasteiger partial charge in [-0.05, 0) is 6.92 Å². The smallest absolute Gasteiger partial charge is 0.373 e. The lowest BCUT2D eigenvalue weighted by atomic mass is 10.5. The Morgan fingerprint density at radius 1 is 0.778 bits per heavy atom. The highest BCUT2D eigenvalue weighted by Gasteiger charge is 2.69. The van der Waals surface area contributed by atoms with Crippen molar-refractivity contribution in [3.05, 3.63) is 0 Å². The summed E-state index contributed by atoms with van der Waals surface area (Å²) in [5, 5.41) is 1.72. The van der Waals surface area contributed by atoms with Crippen molar-refractivity contribution in [2.24, 2.45) is 0 Å². The van der Waals surface area contributed by atoms with Gasteiger partial charge in [0.15, 0.2) is 0 Å². The van der Waals surface area contributed by atoms with Crippen LogP contribution in [0.3, 0.4) is 0 Å². The normalized spacial score (nSPS) is 18.7. The predicted octanol–water partition coefficient (Wildman–Crippen LogP) is -0.906. The van der Waals surface area contributed by atoms with Crippen LogP contribution in [0.2, 0.25) is 0 Å². The summed E-state index contributed by atoms with van der Waals surface area (Å²) in [6, 6.07) is 0. The molecule has 0 saturated carbocycles. The van der Waals surface area contributed by atoms with Gasteiger partial charge in [0.2, 0.25) is 0 Å². The second-order valence-electron chi connectivity index (χ2n) is 5.31. The Morgan fingerprint density at radius 3 is 1.56 bits per heavy atom. The van der Waals surface area contributed by atoms with Crippen LogP contribution >= 0.6 is 30.4 Å². The molecule has 27 heavy (non-hydrogen) atoms. The van der Waals surface area contributed by atoms with Gasteiger partial charge in [0.05, 0.1) is 19.8 Å². The molecule has 8 N–H and O–H groups in total. The lowest BCUT2D eigenvalue weighted by Crippen LogP contribution is -2.37. The summed E-state index contributed by atoms with van der Waals surface area (Å²) < 4.78 is 60.4. The average Bonchev–Trinajstić information content (AvgIpc) is 2.41.